The highest BCUT2D eigenvalue weighted by atomic mass is 16.5. The average Bonchev–Trinajstić information content (AvgIpc) is 2.84. The van der Waals surface area contributed by atoms with Crippen LogP contribution in [-0.2, 0) is 11.3 Å². The third-order valence-electron chi connectivity index (χ3n) is 3.20. The van der Waals surface area contributed by atoms with Crippen LogP contribution in [0.3, 0.4) is 0 Å². The van der Waals surface area contributed by atoms with Crippen LogP contribution in [0.4, 0.5) is 0 Å². The van der Waals surface area contributed by atoms with Crippen molar-refractivity contribution >= 4 is 0 Å². The lowest BCUT2D eigenvalue weighted by Crippen LogP contribution is -2.31. The van der Waals surface area contributed by atoms with Crippen molar-refractivity contribution in [1.82, 2.24) is 20.1 Å². The lowest BCUT2D eigenvalue weighted by atomic mass is 10.1. The summed E-state index contributed by atoms with van der Waals surface area (Å²) >= 11 is 0. The number of hydrogen-bond donors (Lipinski definition) is 2. The summed E-state index contributed by atoms with van der Waals surface area (Å²) in [5.74, 6) is 6.46. The van der Waals surface area contributed by atoms with Gasteiger partial charge in [-0.2, -0.15) is 5.10 Å². The summed E-state index contributed by atoms with van der Waals surface area (Å²) < 4.78 is 12.4. The van der Waals surface area contributed by atoms with Crippen molar-refractivity contribution in [3.63, 3.8) is 0 Å². The van der Waals surface area contributed by atoms with Crippen LogP contribution in [0, 0.1) is 0 Å². The van der Waals surface area contributed by atoms with E-state index in [-0.39, 0.29) is 6.04 Å². The van der Waals surface area contributed by atoms with Gasteiger partial charge in [0.2, 0.25) is 0 Å². The van der Waals surface area contributed by atoms with E-state index in [1.54, 1.807) is 20.4 Å². The van der Waals surface area contributed by atoms with E-state index in [2.05, 4.69) is 15.4 Å². The van der Waals surface area contributed by atoms with Crippen LogP contribution in [0.2, 0.25) is 0 Å². The number of nitrogens with two attached hydrogens (primary N) is 1. The Hall–Kier alpha value is -1.15. The molecule has 1 rings (SSSR count). The van der Waals surface area contributed by atoms with Crippen LogP contribution in [0.1, 0.15) is 24.6 Å². The topological polar surface area (TPSA) is 77.6 Å². The maximum Gasteiger partial charge on any atom is 0.161 e. The van der Waals surface area contributed by atoms with Crippen LogP contribution < -0.4 is 16.0 Å². The molecule has 1 heterocycles. The van der Waals surface area contributed by atoms with E-state index < -0.39 is 0 Å². The maximum absolute atomic E-state index is 5.70. The number of aromatic nitrogens is 2. The third kappa shape index (κ3) is 4.75. The summed E-state index contributed by atoms with van der Waals surface area (Å²) in [6, 6.07) is 0.00441. The van der Waals surface area contributed by atoms with Gasteiger partial charge in [0.25, 0.3) is 0 Å². The largest absolute Gasteiger partial charge is 0.493 e. The molecule has 0 spiro atoms. The van der Waals surface area contributed by atoms with Crippen molar-refractivity contribution in [2.75, 3.05) is 41.5 Å². The first-order valence-corrected chi connectivity index (χ1v) is 6.83. The fourth-order valence-corrected chi connectivity index (χ4v) is 2.09. The van der Waals surface area contributed by atoms with Gasteiger partial charge in [-0.3, -0.25) is 16.0 Å². The lowest BCUT2D eigenvalue weighted by Gasteiger charge is -2.20. The van der Waals surface area contributed by atoms with Gasteiger partial charge in [-0.25, -0.2) is 0 Å². The molecule has 116 valence electrons. The second-order valence-corrected chi connectivity index (χ2v) is 4.98. The van der Waals surface area contributed by atoms with Crippen molar-refractivity contribution < 1.29 is 9.47 Å². The van der Waals surface area contributed by atoms with Crippen molar-refractivity contribution in [3.8, 4) is 5.75 Å². The van der Waals surface area contributed by atoms with E-state index in [0.29, 0.717) is 6.61 Å². The number of rotatable bonds is 10. The summed E-state index contributed by atoms with van der Waals surface area (Å²) in [5.41, 5.74) is 3.85. The minimum Gasteiger partial charge on any atom is -0.493 e. The number of methoxy groups -OCH3 is 2. The predicted octanol–water partition coefficient (Wildman–Crippen LogP) is 0.384. The van der Waals surface area contributed by atoms with Crippen LogP contribution >= 0.6 is 0 Å². The standard InChI is InChI=1S/C13H27N5O2/c1-17(2)7-8-18-13(12(20-4)10-15-18)11(16-14)6-5-9-19-3/h10-11,16H,5-9,14H2,1-4H3. The summed E-state index contributed by atoms with van der Waals surface area (Å²) in [6.45, 7) is 2.42. The fraction of sp³-hybridized carbons (Fsp3) is 0.769. The van der Waals surface area contributed by atoms with Gasteiger partial charge in [-0.1, -0.05) is 0 Å². The zero-order chi connectivity index (χ0) is 15.0. The molecule has 0 radical (unpaired) electrons. The Morgan fingerprint density at radius 2 is 2.20 bits per heavy atom. The first kappa shape index (κ1) is 16.9. The van der Waals surface area contributed by atoms with Crippen molar-refractivity contribution in [2.45, 2.75) is 25.4 Å². The molecule has 0 aromatic carbocycles. The van der Waals surface area contributed by atoms with Crippen LogP contribution in [0.5, 0.6) is 5.75 Å². The molecule has 1 atom stereocenters. The fourth-order valence-electron chi connectivity index (χ4n) is 2.09. The molecule has 0 bridgehead atoms. The summed E-state index contributed by atoms with van der Waals surface area (Å²) in [4.78, 5) is 2.12. The summed E-state index contributed by atoms with van der Waals surface area (Å²) in [6.07, 6.45) is 3.54. The molecule has 0 fully saturated rings. The van der Waals surface area contributed by atoms with E-state index in [1.807, 2.05) is 18.8 Å². The highest BCUT2D eigenvalue weighted by Crippen LogP contribution is 2.27. The van der Waals surface area contributed by atoms with E-state index in [4.69, 9.17) is 15.3 Å². The molecular weight excluding hydrogens is 258 g/mol. The number of ether oxygens (including phenoxy) is 2. The molecule has 0 saturated heterocycles. The quantitative estimate of drug-likeness (QED) is 0.368. The first-order valence-electron chi connectivity index (χ1n) is 6.83. The Labute approximate surface area is 121 Å². The maximum atomic E-state index is 5.70. The lowest BCUT2D eigenvalue weighted by molar-refractivity contribution is 0.188. The number of nitrogens with zero attached hydrogens (tertiary/aromatic N) is 3. The smallest absolute Gasteiger partial charge is 0.161 e. The third-order valence-corrected chi connectivity index (χ3v) is 3.20. The normalized spacial score (nSPS) is 12.9. The second-order valence-electron chi connectivity index (χ2n) is 4.98. The van der Waals surface area contributed by atoms with Crippen molar-refractivity contribution in [2.24, 2.45) is 5.84 Å². The van der Waals surface area contributed by atoms with Crippen LogP contribution in [0.25, 0.3) is 0 Å². The number of hydrogen-bond acceptors (Lipinski definition) is 6. The highest BCUT2D eigenvalue weighted by Gasteiger charge is 2.20. The molecule has 7 nitrogen and oxygen atoms in total. The van der Waals surface area contributed by atoms with Gasteiger partial charge in [0.1, 0.15) is 0 Å². The first-order chi connectivity index (χ1) is 9.63. The Bertz CT molecular complexity index is 381. The number of nitrogens with one attached hydrogen (secondary N) is 1. The van der Waals surface area contributed by atoms with Crippen molar-refractivity contribution in [1.29, 1.82) is 0 Å². The van der Waals surface area contributed by atoms with E-state index in [0.717, 1.165) is 37.4 Å². The molecule has 0 aliphatic rings. The predicted molar refractivity (Wildman–Crippen MR) is 78.5 cm³/mol. The SMILES string of the molecule is COCCCC(NN)c1c(OC)cnn1CCN(C)C. The van der Waals surface area contributed by atoms with Gasteiger partial charge in [-0.05, 0) is 26.9 Å². The van der Waals surface area contributed by atoms with Crippen molar-refractivity contribution in [3.05, 3.63) is 11.9 Å². The van der Waals surface area contributed by atoms with Gasteiger partial charge >= 0.3 is 0 Å². The molecular formula is C13H27N5O2. The molecule has 3 N–H and O–H groups in total. The Morgan fingerprint density at radius 1 is 1.45 bits per heavy atom. The van der Waals surface area contributed by atoms with Gasteiger partial charge in [0, 0.05) is 20.3 Å². The zero-order valence-corrected chi connectivity index (χ0v) is 12.9. The Morgan fingerprint density at radius 3 is 2.75 bits per heavy atom. The number of hydrazine groups is 1. The van der Waals surface area contributed by atoms with E-state index in [1.165, 1.54) is 0 Å². The van der Waals surface area contributed by atoms with Crippen LogP contribution in [0.15, 0.2) is 6.20 Å². The number of likely N-dealkylation sites (N-methyl/N-ethyl adjacent to an activating group) is 1. The van der Waals surface area contributed by atoms with Gasteiger partial charge < -0.3 is 14.4 Å². The summed E-state index contributed by atoms with van der Waals surface area (Å²) in [7, 11) is 7.43. The average molecular weight is 285 g/mol. The molecule has 0 aliphatic heterocycles. The molecule has 7 heteroatoms. The van der Waals surface area contributed by atoms with Crippen LogP contribution in [-0.4, -0.2) is 56.1 Å². The molecule has 1 aromatic rings. The van der Waals surface area contributed by atoms with Gasteiger partial charge in [0.05, 0.1) is 31.6 Å². The zero-order valence-electron chi connectivity index (χ0n) is 12.9. The summed E-state index contributed by atoms with van der Waals surface area (Å²) in [5, 5.41) is 4.39. The highest BCUT2D eigenvalue weighted by molar-refractivity contribution is 5.28. The monoisotopic (exact) mass is 285 g/mol. The molecule has 20 heavy (non-hydrogen) atoms. The second kappa shape index (κ2) is 8.91. The minimum atomic E-state index is 0.00441. The minimum absolute atomic E-state index is 0.00441. The molecule has 0 saturated carbocycles. The van der Waals surface area contributed by atoms with Gasteiger partial charge in [0.15, 0.2) is 5.75 Å². The Balaban J connectivity index is 2.83. The molecule has 1 aromatic heterocycles. The molecule has 1 unspecified atom stereocenters. The van der Waals surface area contributed by atoms with E-state index in [9.17, 15) is 0 Å². The molecule has 0 amide bonds. The van der Waals surface area contributed by atoms with E-state index >= 15 is 0 Å². The Kier molecular flexibility index (Phi) is 7.53. The van der Waals surface area contributed by atoms with Gasteiger partial charge in [-0.15, -0.1) is 0 Å². The molecule has 0 aliphatic carbocycles.